The molecule has 3 nitrogen and oxygen atoms in total. The average Bonchev–Trinajstić information content (AvgIpc) is 2.50. The molecule has 0 aliphatic carbocycles. The van der Waals surface area contributed by atoms with Gasteiger partial charge in [-0.15, -0.1) is 0 Å². The Bertz CT molecular complexity index is 631. The molecule has 0 fully saturated rings. The molecule has 1 amide bonds. The number of rotatable bonds is 4. The molecular formula is C16H15FN2OS. The van der Waals surface area contributed by atoms with Gasteiger partial charge in [0.2, 0.25) is 0 Å². The van der Waals surface area contributed by atoms with Crippen molar-refractivity contribution in [2.24, 2.45) is 0 Å². The highest BCUT2D eigenvalue weighted by Crippen LogP contribution is 2.12. The summed E-state index contributed by atoms with van der Waals surface area (Å²) < 4.78 is 13.4. The van der Waals surface area contributed by atoms with E-state index >= 15 is 0 Å². The van der Waals surface area contributed by atoms with E-state index in [9.17, 15) is 9.18 Å². The van der Waals surface area contributed by atoms with Crippen molar-refractivity contribution in [2.75, 3.05) is 11.9 Å². The third-order valence-electron chi connectivity index (χ3n) is 2.87. The number of thiocarbonyl (C=S) groups is 1. The van der Waals surface area contributed by atoms with E-state index < -0.39 is 11.7 Å². The maximum absolute atomic E-state index is 13.4. The normalized spacial score (nSPS) is 9.95. The summed E-state index contributed by atoms with van der Waals surface area (Å²) >= 11 is 4.99. The van der Waals surface area contributed by atoms with Crippen molar-refractivity contribution in [1.29, 1.82) is 0 Å². The predicted octanol–water partition coefficient (Wildman–Crippen LogP) is 2.92. The molecule has 0 heterocycles. The van der Waals surface area contributed by atoms with Crippen LogP contribution in [0.4, 0.5) is 10.1 Å². The van der Waals surface area contributed by atoms with E-state index in [4.69, 9.17) is 12.2 Å². The van der Waals surface area contributed by atoms with Gasteiger partial charge in [-0.1, -0.05) is 54.7 Å². The summed E-state index contributed by atoms with van der Waals surface area (Å²) in [7, 11) is 0. The average molecular weight is 302 g/mol. The van der Waals surface area contributed by atoms with Gasteiger partial charge in [0.15, 0.2) is 4.99 Å². The van der Waals surface area contributed by atoms with Crippen molar-refractivity contribution < 1.29 is 9.18 Å². The van der Waals surface area contributed by atoms with E-state index in [1.165, 1.54) is 12.1 Å². The Labute approximate surface area is 128 Å². The van der Waals surface area contributed by atoms with Gasteiger partial charge in [0.05, 0.1) is 5.69 Å². The SMILES string of the molecule is O=C(Nc1ccccc1F)C(=S)NCCc1ccccc1. The number of benzene rings is 2. The predicted molar refractivity (Wildman–Crippen MR) is 85.8 cm³/mol. The second-order valence-corrected chi connectivity index (χ2v) is 4.83. The number of para-hydroxylation sites is 1. The van der Waals surface area contributed by atoms with Gasteiger partial charge < -0.3 is 10.6 Å². The molecule has 0 unspecified atom stereocenters. The van der Waals surface area contributed by atoms with Gasteiger partial charge in [-0.2, -0.15) is 0 Å². The van der Waals surface area contributed by atoms with E-state index in [1.54, 1.807) is 12.1 Å². The molecule has 108 valence electrons. The van der Waals surface area contributed by atoms with Crippen LogP contribution in [0.1, 0.15) is 5.56 Å². The lowest BCUT2D eigenvalue weighted by atomic mass is 10.1. The van der Waals surface area contributed by atoms with Crippen molar-refractivity contribution >= 4 is 28.8 Å². The molecule has 0 atom stereocenters. The van der Waals surface area contributed by atoms with Crippen LogP contribution >= 0.6 is 12.2 Å². The van der Waals surface area contributed by atoms with E-state index in [0.29, 0.717) is 6.54 Å². The number of amides is 1. The van der Waals surface area contributed by atoms with E-state index in [2.05, 4.69) is 10.6 Å². The van der Waals surface area contributed by atoms with Crippen LogP contribution in [-0.2, 0) is 11.2 Å². The minimum atomic E-state index is -0.511. The fourth-order valence-electron chi connectivity index (χ4n) is 1.79. The Balaban J connectivity index is 1.81. The van der Waals surface area contributed by atoms with Crippen LogP contribution in [-0.4, -0.2) is 17.4 Å². The summed E-state index contributed by atoms with van der Waals surface area (Å²) in [4.78, 5) is 11.9. The summed E-state index contributed by atoms with van der Waals surface area (Å²) in [5.74, 6) is -0.999. The smallest absolute Gasteiger partial charge is 0.283 e. The molecule has 0 aliphatic heterocycles. The Morgan fingerprint density at radius 2 is 1.71 bits per heavy atom. The van der Waals surface area contributed by atoms with Crippen LogP contribution in [0.5, 0.6) is 0 Å². The summed E-state index contributed by atoms with van der Waals surface area (Å²) in [6.07, 6.45) is 0.758. The van der Waals surface area contributed by atoms with Crippen molar-refractivity contribution in [3.8, 4) is 0 Å². The lowest BCUT2D eigenvalue weighted by Gasteiger charge is -2.09. The zero-order valence-corrected chi connectivity index (χ0v) is 12.1. The minimum Gasteiger partial charge on any atom is -0.371 e. The Hall–Kier alpha value is -2.27. The highest BCUT2D eigenvalue weighted by atomic mass is 32.1. The molecule has 2 N–H and O–H groups in total. The molecule has 0 aliphatic rings. The second kappa shape index (κ2) is 7.50. The Morgan fingerprint density at radius 1 is 1.05 bits per heavy atom. The number of nitrogens with one attached hydrogen (secondary N) is 2. The highest BCUT2D eigenvalue weighted by molar-refractivity contribution is 7.82. The first-order valence-corrected chi connectivity index (χ1v) is 6.95. The van der Waals surface area contributed by atoms with Gasteiger partial charge in [0.1, 0.15) is 5.82 Å². The first-order chi connectivity index (χ1) is 10.2. The van der Waals surface area contributed by atoms with Crippen LogP contribution < -0.4 is 10.6 Å². The molecule has 2 rings (SSSR count). The fourth-order valence-corrected chi connectivity index (χ4v) is 1.94. The number of anilines is 1. The first-order valence-electron chi connectivity index (χ1n) is 6.54. The quantitative estimate of drug-likeness (QED) is 0.853. The monoisotopic (exact) mass is 302 g/mol. The lowest BCUT2D eigenvalue weighted by Crippen LogP contribution is -2.35. The van der Waals surface area contributed by atoms with Crippen LogP contribution in [0.25, 0.3) is 0 Å². The molecule has 0 radical (unpaired) electrons. The molecule has 0 saturated carbocycles. The minimum absolute atomic E-state index is 0.0502. The third kappa shape index (κ3) is 4.65. The number of halogens is 1. The molecule has 0 bridgehead atoms. The zero-order valence-electron chi connectivity index (χ0n) is 11.3. The molecular weight excluding hydrogens is 287 g/mol. The standard InChI is InChI=1S/C16H15FN2OS/c17-13-8-4-5-9-14(13)19-15(20)16(21)18-11-10-12-6-2-1-3-7-12/h1-9H,10-11H2,(H,18,21)(H,19,20). The van der Waals surface area contributed by atoms with Crippen LogP contribution in [0.3, 0.4) is 0 Å². The van der Waals surface area contributed by atoms with Crippen LogP contribution in [0.15, 0.2) is 54.6 Å². The summed E-state index contributed by atoms with van der Waals surface area (Å²) in [5, 5.41) is 5.31. The third-order valence-corrected chi connectivity index (χ3v) is 3.20. The Morgan fingerprint density at radius 3 is 2.43 bits per heavy atom. The topological polar surface area (TPSA) is 41.1 Å². The molecule has 2 aromatic carbocycles. The highest BCUT2D eigenvalue weighted by Gasteiger charge is 2.10. The van der Waals surface area contributed by atoms with Gasteiger partial charge in [-0.3, -0.25) is 4.79 Å². The molecule has 21 heavy (non-hydrogen) atoms. The Kier molecular flexibility index (Phi) is 5.40. The maximum atomic E-state index is 13.4. The number of carbonyl (C=O) groups is 1. The largest absolute Gasteiger partial charge is 0.371 e. The van der Waals surface area contributed by atoms with Gasteiger partial charge in [0.25, 0.3) is 5.91 Å². The number of carbonyl (C=O) groups excluding carboxylic acids is 1. The zero-order chi connectivity index (χ0) is 15.1. The molecule has 0 aromatic heterocycles. The van der Waals surface area contributed by atoms with Crippen molar-refractivity contribution in [2.45, 2.75) is 6.42 Å². The van der Waals surface area contributed by atoms with Crippen LogP contribution in [0, 0.1) is 5.82 Å². The van der Waals surface area contributed by atoms with Crippen LogP contribution in [0.2, 0.25) is 0 Å². The van der Waals surface area contributed by atoms with Crippen molar-refractivity contribution in [3.63, 3.8) is 0 Å². The van der Waals surface area contributed by atoms with Gasteiger partial charge in [-0.05, 0) is 24.1 Å². The fraction of sp³-hybridized carbons (Fsp3) is 0.125. The number of hydrogen-bond donors (Lipinski definition) is 2. The lowest BCUT2D eigenvalue weighted by molar-refractivity contribution is -0.110. The van der Waals surface area contributed by atoms with Gasteiger partial charge in [-0.25, -0.2) is 4.39 Å². The van der Waals surface area contributed by atoms with Gasteiger partial charge >= 0.3 is 0 Å². The summed E-state index contributed by atoms with van der Waals surface area (Å²) in [6.45, 7) is 0.549. The number of hydrogen-bond acceptors (Lipinski definition) is 2. The molecule has 5 heteroatoms. The molecule has 0 saturated heterocycles. The summed E-state index contributed by atoms with van der Waals surface area (Å²) in [6, 6.07) is 15.8. The maximum Gasteiger partial charge on any atom is 0.283 e. The summed E-state index contributed by atoms with van der Waals surface area (Å²) in [5.41, 5.74) is 1.28. The second-order valence-electron chi connectivity index (χ2n) is 4.43. The first kappa shape index (κ1) is 15.1. The van der Waals surface area contributed by atoms with E-state index in [-0.39, 0.29) is 10.7 Å². The molecule has 0 spiro atoms. The van der Waals surface area contributed by atoms with E-state index in [1.807, 2.05) is 30.3 Å². The van der Waals surface area contributed by atoms with E-state index in [0.717, 1.165) is 12.0 Å². The van der Waals surface area contributed by atoms with Crippen molar-refractivity contribution in [1.82, 2.24) is 5.32 Å². The van der Waals surface area contributed by atoms with Gasteiger partial charge in [0, 0.05) is 6.54 Å². The molecule has 2 aromatic rings. The van der Waals surface area contributed by atoms with Crippen molar-refractivity contribution in [3.05, 3.63) is 66.0 Å².